The molecule has 1 aliphatic heterocycles. The molecule has 0 aliphatic carbocycles. The van der Waals surface area contributed by atoms with Gasteiger partial charge in [-0.05, 0) is 11.5 Å². The number of hydrogen-bond acceptors (Lipinski definition) is 2. The molecule has 2 rings (SSSR count). The predicted octanol–water partition coefficient (Wildman–Crippen LogP) is 1.72. The molecule has 2 atom stereocenters. The first kappa shape index (κ1) is 13.6. The van der Waals surface area contributed by atoms with Gasteiger partial charge in [0.15, 0.2) is 0 Å². The normalized spacial score (nSPS) is 20.9. The van der Waals surface area contributed by atoms with E-state index in [4.69, 9.17) is 5.73 Å². The van der Waals surface area contributed by atoms with Gasteiger partial charge < -0.3 is 10.6 Å². The minimum atomic E-state index is -0.383. The van der Waals surface area contributed by atoms with Crippen molar-refractivity contribution in [2.75, 3.05) is 6.54 Å². The molecule has 1 fully saturated rings. The summed E-state index contributed by atoms with van der Waals surface area (Å²) in [7, 11) is 0. The highest BCUT2D eigenvalue weighted by molar-refractivity contribution is 5.88. The summed E-state index contributed by atoms with van der Waals surface area (Å²) in [6.45, 7) is 4.61. The Morgan fingerprint density at radius 1 is 1.32 bits per heavy atom. The van der Waals surface area contributed by atoms with E-state index >= 15 is 0 Å². The van der Waals surface area contributed by atoms with Crippen LogP contribution in [0.3, 0.4) is 0 Å². The number of primary amides is 1. The smallest absolute Gasteiger partial charge is 0.223 e. The van der Waals surface area contributed by atoms with Gasteiger partial charge in [0.2, 0.25) is 11.8 Å². The molecule has 0 aromatic heterocycles. The van der Waals surface area contributed by atoms with Crippen molar-refractivity contribution in [1.82, 2.24) is 4.90 Å². The molecule has 1 saturated heterocycles. The summed E-state index contributed by atoms with van der Waals surface area (Å²) in [6.07, 6.45) is 0.241. The fourth-order valence-corrected chi connectivity index (χ4v) is 2.77. The van der Waals surface area contributed by atoms with Crippen LogP contribution in [0.1, 0.15) is 31.9 Å². The van der Waals surface area contributed by atoms with Crippen molar-refractivity contribution in [1.29, 1.82) is 0 Å². The van der Waals surface area contributed by atoms with Crippen molar-refractivity contribution in [3.05, 3.63) is 35.9 Å². The molecule has 4 nitrogen and oxygen atoms in total. The Labute approximate surface area is 113 Å². The van der Waals surface area contributed by atoms with Crippen LogP contribution in [-0.2, 0) is 9.59 Å². The Morgan fingerprint density at radius 3 is 2.42 bits per heavy atom. The summed E-state index contributed by atoms with van der Waals surface area (Å²) in [5, 5.41) is 0. The summed E-state index contributed by atoms with van der Waals surface area (Å²) < 4.78 is 0. The molecule has 0 saturated carbocycles. The third-order valence-corrected chi connectivity index (χ3v) is 3.67. The lowest BCUT2D eigenvalue weighted by Gasteiger charge is -2.31. The zero-order valence-electron chi connectivity index (χ0n) is 11.4. The highest BCUT2D eigenvalue weighted by atomic mass is 16.2. The van der Waals surface area contributed by atoms with Crippen LogP contribution in [0.4, 0.5) is 0 Å². The van der Waals surface area contributed by atoms with Gasteiger partial charge in [-0.2, -0.15) is 0 Å². The first-order valence-electron chi connectivity index (χ1n) is 6.64. The van der Waals surface area contributed by atoms with E-state index in [1.54, 1.807) is 4.90 Å². The zero-order valence-corrected chi connectivity index (χ0v) is 11.4. The third kappa shape index (κ3) is 2.78. The molecular weight excluding hydrogens is 240 g/mol. The average Bonchev–Trinajstić information content (AvgIpc) is 2.73. The fraction of sp³-hybridized carbons (Fsp3) is 0.467. The van der Waals surface area contributed by atoms with Crippen molar-refractivity contribution in [2.24, 2.45) is 17.6 Å². The second-order valence-corrected chi connectivity index (χ2v) is 5.45. The average molecular weight is 260 g/mol. The minimum absolute atomic E-state index is 0.0121. The standard InChI is InChI=1S/C15H20N2O2/c1-10(2)14(11-6-4-3-5-7-11)17-9-12(15(16)19)8-13(17)18/h3-7,10,12,14H,8-9H2,1-2H3,(H2,16,19). The Balaban J connectivity index is 2.26. The van der Waals surface area contributed by atoms with Crippen molar-refractivity contribution in [3.63, 3.8) is 0 Å². The van der Waals surface area contributed by atoms with E-state index in [1.165, 1.54) is 0 Å². The SMILES string of the molecule is CC(C)C(c1ccccc1)N1CC(C(N)=O)CC1=O. The maximum Gasteiger partial charge on any atom is 0.223 e. The van der Waals surface area contributed by atoms with Gasteiger partial charge in [0.1, 0.15) is 0 Å². The fourth-order valence-electron chi connectivity index (χ4n) is 2.77. The summed E-state index contributed by atoms with van der Waals surface area (Å²) in [6, 6.07) is 9.95. The number of nitrogens with zero attached hydrogens (tertiary/aromatic N) is 1. The van der Waals surface area contributed by atoms with E-state index in [-0.39, 0.29) is 36.1 Å². The molecule has 102 valence electrons. The Morgan fingerprint density at radius 2 is 1.95 bits per heavy atom. The monoisotopic (exact) mass is 260 g/mol. The summed E-state index contributed by atoms with van der Waals surface area (Å²) in [4.78, 5) is 25.2. The van der Waals surface area contributed by atoms with Crippen LogP contribution in [-0.4, -0.2) is 23.3 Å². The number of rotatable bonds is 4. The number of nitrogens with two attached hydrogens (primary N) is 1. The predicted molar refractivity (Wildman–Crippen MR) is 73.0 cm³/mol. The maximum absolute atomic E-state index is 12.1. The van der Waals surface area contributed by atoms with Gasteiger partial charge in [-0.15, -0.1) is 0 Å². The van der Waals surface area contributed by atoms with Crippen molar-refractivity contribution in [2.45, 2.75) is 26.3 Å². The van der Waals surface area contributed by atoms with Crippen LogP contribution in [0, 0.1) is 11.8 Å². The Hall–Kier alpha value is -1.84. The van der Waals surface area contributed by atoms with Crippen LogP contribution >= 0.6 is 0 Å². The molecule has 2 amide bonds. The number of carbonyl (C=O) groups excluding carboxylic acids is 2. The van der Waals surface area contributed by atoms with Crippen LogP contribution in [0.2, 0.25) is 0 Å². The highest BCUT2D eigenvalue weighted by Gasteiger charge is 2.38. The molecular formula is C15H20N2O2. The van der Waals surface area contributed by atoms with Crippen LogP contribution in [0.15, 0.2) is 30.3 Å². The molecule has 1 heterocycles. The van der Waals surface area contributed by atoms with Gasteiger partial charge in [0.05, 0.1) is 12.0 Å². The van der Waals surface area contributed by atoms with Crippen molar-refractivity contribution in [3.8, 4) is 0 Å². The Kier molecular flexibility index (Phi) is 3.88. The Bertz CT molecular complexity index is 470. The highest BCUT2D eigenvalue weighted by Crippen LogP contribution is 2.33. The van der Waals surface area contributed by atoms with Gasteiger partial charge in [-0.25, -0.2) is 0 Å². The quantitative estimate of drug-likeness (QED) is 0.896. The van der Waals surface area contributed by atoms with Gasteiger partial charge in [-0.1, -0.05) is 44.2 Å². The molecule has 2 unspecified atom stereocenters. The molecule has 0 radical (unpaired) electrons. The molecule has 1 aromatic rings. The van der Waals surface area contributed by atoms with E-state index in [0.717, 1.165) is 5.56 Å². The third-order valence-electron chi connectivity index (χ3n) is 3.67. The van der Waals surface area contributed by atoms with E-state index < -0.39 is 0 Å². The van der Waals surface area contributed by atoms with E-state index in [9.17, 15) is 9.59 Å². The first-order chi connectivity index (χ1) is 9.00. The number of carbonyl (C=O) groups is 2. The number of amides is 2. The lowest BCUT2D eigenvalue weighted by atomic mass is 9.94. The molecule has 19 heavy (non-hydrogen) atoms. The van der Waals surface area contributed by atoms with Gasteiger partial charge in [0, 0.05) is 13.0 Å². The minimum Gasteiger partial charge on any atom is -0.369 e. The first-order valence-corrected chi connectivity index (χ1v) is 6.64. The van der Waals surface area contributed by atoms with Crippen LogP contribution < -0.4 is 5.73 Å². The number of likely N-dealkylation sites (tertiary alicyclic amines) is 1. The number of hydrogen-bond donors (Lipinski definition) is 1. The topological polar surface area (TPSA) is 63.4 Å². The molecule has 0 spiro atoms. The summed E-state index contributed by atoms with van der Waals surface area (Å²) >= 11 is 0. The summed E-state index contributed by atoms with van der Waals surface area (Å²) in [5.74, 6) is -0.423. The van der Waals surface area contributed by atoms with Gasteiger partial charge in [-0.3, -0.25) is 9.59 Å². The van der Waals surface area contributed by atoms with Gasteiger partial charge >= 0.3 is 0 Å². The van der Waals surface area contributed by atoms with Crippen molar-refractivity contribution < 1.29 is 9.59 Å². The van der Waals surface area contributed by atoms with E-state index in [0.29, 0.717) is 6.54 Å². The molecule has 4 heteroatoms. The van der Waals surface area contributed by atoms with Crippen LogP contribution in [0.25, 0.3) is 0 Å². The van der Waals surface area contributed by atoms with E-state index in [1.807, 2.05) is 30.3 Å². The molecule has 0 bridgehead atoms. The zero-order chi connectivity index (χ0) is 14.0. The molecule has 2 N–H and O–H groups in total. The van der Waals surface area contributed by atoms with E-state index in [2.05, 4.69) is 13.8 Å². The second kappa shape index (κ2) is 5.43. The maximum atomic E-state index is 12.1. The van der Waals surface area contributed by atoms with Crippen LogP contribution in [0.5, 0.6) is 0 Å². The number of benzene rings is 1. The van der Waals surface area contributed by atoms with Crippen molar-refractivity contribution >= 4 is 11.8 Å². The molecule has 1 aliphatic rings. The largest absolute Gasteiger partial charge is 0.369 e. The molecule has 1 aromatic carbocycles. The second-order valence-electron chi connectivity index (χ2n) is 5.45. The summed E-state index contributed by atoms with van der Waals surface area (Å²) in [5.41, 5.74) is 6.43. The van der Waals surface area contributed by atoms with Gasteiger partial charge in [0.25, 0.3) is 0 Å². The lowest BCUT2D eigenvalue weighted by molar-refractivity contribution is -0.131. The lowest BCUT2D eigenvalue weighted by Crippen LogP contribution is -2.34.